The van der Waals surface area contributed by atoms with Gasteiger partial charge in [-0.25, -0.2) is 9.97 Å². The molecule has 11 rings (SSSR count). The maximum Gasteiger partial charge on any atom is 0.309 e. The summed E-state index contributed by atoms with van der Waals surface area (Å²) in [7, 11) is 3.76. The molecule has 2 aromatic heterocycles. The van der Waals surface area contributed by atoms with E-state index < -0.39 is 22.8 Å². The fraction of sp³-hybridized carbons (Fsp3) is 0.522. The Kier molecular flexibility index (Phi) is 9.63. The molecule has 4 aromatic rings. The SMILES string of the molecule is Cn1c(C(=O)Cc2cccc(-c3cccc(NC(=O)c4nc5c(n4C)CCN(CCC46CCC(C(=O)O)(CC4)C6)C5)c3Cl)c2Cl)nc2c1CCN(CC13CC(C(=O)O)(C1)C3)C2. The molecule has 61 heavy (non-hydrogen) atoms. The van der Waals surface area contributed by atoms with Gasteiger partial charge < -0.3 is 24.7 Å². The van der Waals surface area contributed by atoms with Crippen molar-refractivity contribution < 1.29 is 29.4 Å². The minimum atomic E-state index is -0.667. The molecule has 5 saturated carbocycles. The first-order valence-electron chi connectivity index (χ1n) is 21.5. The fourth-order valence-electron chi connectivity index (χ4n) is 12.4. The lowest BCUT2D eigenvalue weighted by Crippen LogP contribution is -2.68. The third kappa shape index (κ3) is 6.64. The zero-order chi connectivity index (χ0) is 42.6. The quantitative estimate of drug-likeness (QED) is 0.117. The molecule has 5 fully saturated rings. The fourth-order valence-corrected chi connectivity index (χ4v) is 12.9. The van der Waals surface area contributed by atoms with Crippen LogP contribution in [0.5, 0.6) is 0 Å². The number of ketones is 1. The number of halogens is 2. The van der Waals surface area contributed by atoms with Gasteiger partial charge in [0, 0.05) is 88.6 Å². The van der Waals surface area contributed by atoms with Gasteiger partial charge in [0.25, 0.3) is 5.91 Å². The Morgan fingerprint density at radius 1 is 0.721 bits per heavy atom. The second kappa shape index (κ2) is 14.5. The van der Waals surface area contributed by atoms with Crippen LogP contribution >= 0.6 is 23.2 Å². The summed E-state index contributed by atoms with van der Waals surface area (Å²) >= 11 is 14.1. The first-order valence-corrected chi connectivity index (χ1v) is 22.3. The summed E-state index contributed by atoms with van der Waals surface area (Å²) in [5.74, 6) is -1.13. The van der Waals surface area contributed by atoms with Gasteiger partial charge in [0.1, 0.15) is 0 Å². The van der Waals surface area contributed by atoms with E-state index in [1.807, 2.05) is 47.5 Å². The highest BCUT2D eigenvalue weighted by Crippen LogP contribution is 2.73. The third-order valence-corrected chi connectivity index (χ3v) is 16.5. The van der Waals surface area contributed by atoms with Gasteiger partial charge in [0.05, 0.1) is 38.0 Å². The molecule has 4 bridgehead atoms. The number of nitrogens with one attached hydrogen (secondary N) is 1. The number of carboxylic acids is 2. The summed E-state index contributed by atoms with van der Waals surface area (Å²) in [6.07, 6.45) is 9.18. The van der Waals surface area contributed by atoms with Gasteiger partial charge in [-0.3, -0.25) is 29.0 Å². The van der Waals surface area contributed by atoms with E-state index in [1.54, 1.807) is 12.1 Å². The number of benzene rings is 2. The highest BCUT2D eigenvalue weighted by Gasteiger charge is 2.71. The Bertz CT molecular complexity index is 2520. The minimum absolute atomic E-state index is 0.0437. The first kappa shape index (κ1) is 40.5. The highest BCUT2D eigenvalue weighted by atomic mass is 35.5. The number of imidazole rings is 2. The van der Waals surface area contributed by atoms with Crippen molar-refractivity contribution in [2.24, 2.45) is 35.8 Å². The normalized spacial score (nSPS) is 27.5. The summed E-state index contributed by atoms with van der Waals surface area (Å²) in [6.45, 7) is 4.74. The van der Waals surface area contributed by atoms with Crippen molar-refractivity contribution in [3.63, 3.8) is 0 Å². The van der Waals surface area contributed by atoms with E-state index in [2.05, 4.69) is 15.1 Å². The van der Waals surface area contributed by atoms with Crippen molar-refractivity contribution in [2.75, 3.05) is 31.5 Å². The van der Waals surface area contributed by atoms with Crippen molar-refractivity contribution in [1.82, 2.24) is 28.9 Å². The number of carboxylic acid groups (broad SMARTS) is 2. The second-order valence-corrected chi connectivity index (χ2v) is 20.1. The predicted octanol–water partition coefficient (Wildman–Crippen LogP) is 7.20. The zero-order valence-corrected chi connectivity index (χ0v) is 36.2. The topological polar surface area (TPSA) is 163 Å². The zero-order valence-electron chi connectivity index (χ0n) is 34.7. The van der Waals surface area contributed by atoms with E-state index in [-0.39, 0.29) is 28.9 Å². The van der Waals surface area contributed by atoms with E-state index in [9.17, 15) is 29.4 Å². The van der Waals surface area contributed by atoms with Gasteiger partial charge in [-0.05, 0) is 86.8 Å². The molecule has 0 radical (unpaired) electrons. The molecule has 1 amide bonds. The Morgan fingerprint density at radius 3 is 1.95 bits per heavy atom. The lowest BCUT2D eigenvalue weighted by molar-refractivity contribution is -0.228. The van der Waals surface area contributed by atoms with Gasteiger partial charge in [0.2, 0.25) is 5.78 Å². The number of carbonyl (C=O) groups is 4. The molecule has 15 heteroatoms. The number of aromatic nitrogens is 4. The smallest absolute Gasteiger partial charge is 0.309 e. The molecule has 2 aliphatic heterocycles. The minimum Gasteiger partial charge on any atom is -0.481 e. The molecule has 0 atom stereocenters. The molecular formula is C46H51Cl2N7O6. The molecule has 0 unspecified atom stereocenters. The summed E-state index contributed by atoms with van der Waals surface area (Å²) in [6, 6.07) is 10.9. The third-order valence-electron chi connectivity index (χ3n) is 15.6. The average molecular weight is 869 g/mol. The van der Waals surface area contributed by atoms with Crippen LogP contribution in [0, 0.1) is 21.7 Å². The van der Waals surface area contributed by atoms with E-state index in [1.165, 1.54) is 0 Å². The number of anilines is 1. The Labute approximate surface area is 364 Å². The second-order valence-electron chi connectivity index (χ2n) is 19.4. The maximum atomic E-state index is 13.9. The summed E-state index contributed by atoms with van der Waals surface area (Å²) < 4.78 is 3.77. The predicted molar refractivity (Wildman–Crippen MR) is 229 cm³/mol. The molecule has 13 nitrogen and oxygen atoms in total. The maximum absolute atomic E-state index is 13.9. The van der Waals surface area contributed by atoms with Gasteiger partial charge >= 0.3 is 11.9 Å². The Hall–Kier alpha value is -4.56. The Balaban J connectivity index is 0.790. The number of nitrogens with zero attached hydrogens (tertiary/aromatic N) is 6. The van der Waals surface area contributed by atoms with Crippen LogP contribution in [0.1, 0.15) is 107 Å². The number of Topliss-reactive ketones (excluding diaryl/α,β-unsaturated/α-hetero) is 1. The lowest BCUT2D eigenvalue weighted by Gasteiger charge is -2.69. The van der Waals surface area contributed by atoms with Crippen molar-refractivity contribution in [3.8, 4) is 11.1 Å². The van der Waals surface area contributed by atoms with E-state index in [4.69, 9.17) is 33.2 Å². The number of hydrogen-bond acceptors (Lipinski definition) is 8. The van der Waals surface area contributed by atoms with Gasteiger partial charge in [0.15, 0.2) is 11.6 Å². The first-order chi connectivity index (χ1) is 29.1. The number of hydrogen-bond donors (Lipinski definition) is 3. The number of rotatable bonds is 13. The van der Waals surface area contributed by atoms with Crippen LogP contribution in [0.25, 0.3) is 11.1 Å². The summed E-state index contributed by atoms with van der Waals surface area (Å²) in [5, 5.41) is 23.1. The molecule has 0 saturated heterocycles. The number of carbonyl (C=O) groups excluding carboxylic acids is 2. The van der Waals surface area contributed by atoms with E-state index >= 15 is 0 Å². The van der Waals surface area contributed by atoms with E-state index in [0.29, 0.717) is 57.2 Å². The van der Waals surface area contributed by atoms with Crippen LogP contribution in [-0.4, -0.2) is 88.9 Å². The van der Waals surface area contributed by atoms with Crippen molar-refractivity contribution >= 4 is 52.5 Å². The average Bonchev–Trinajstić information content (AvgIpc) is 3.96. The summed E-state index contributed by atoms with van der Waals surface area (Å²) in [4.78, 5) is 65.6. The van der Waals surface area contributed by atoms with Crippen LogP contribution in [0.15, 0.2) is 36.4 Å². The molecule has 0 spiro atoms. The van der Waals surface area contributed by atoms with Crippen LogP contribution in [-0.2, 0) is 56.0 Å². The van der Waals surface area contributed by atoms with Crippen LogP contribution in [0.3, 0.4) is 0 Å². The molecule has 2 aromatic carbocycles. The van der Waals surface area contributed by atoms with Crippen molar-refractivity contribution in [1.29, 1.82) is 0 Å². The van der Waals surface area contributed by atoms with Gasteiger partial charge in [-0.1, -0.05) is 53.5 Å². The van der Waals surface area contributed by atoms with Gasteiger partial charge in [-0.15, -0.1) is 0 Å². The van der Waals surface area contributed by atoms with Crippen LogP contribution in [0.4, 0.5) is 5.69 Å². The molecule has 3 N–H and O–H groups in total. The number of fused-ring (bicyclic) bond motifs is 4. The van der Waals surface area contributed by atoms with Crippen molar-refractivity contribution in [3.05, 3.63) is 86.4 Å². The van der Waals surface area contributed by atoms with Crippen LogP contribution in [0.2, 0.25) is 10.0 Å². The molecular weight excluding hydrogens is 817 g/mol. The largest absolute Gasteiger partial charge is 0.481 e. The van der Waals surface area contributed by atoms with Gasteiger partial charge in [-0.2, -0.15) is 0 Å². The standard InChI is InChI=1S/C46H51Cl2N7O6/c1-52-33-10-17-55(26-44-23-46(24-44,25-44)42(60)61)21-32(33)49-38(52)35(56)19-27-5-3-6-28(36(27)47)29-7-4-8-30(37(29)48)51-40(57)39-50-31-20-54(16-9-34(31)53(39)2)18-15-43-11-13-45(22-43,14-12-43)41(58)59/h3-8H,9-26H2,1-2H3,(H,51,57)(H,58,59)(H,60,61). The number of amides is 1. The van der Waals surface area contributed by atoms with E-state index in [0.717, 1.165) is 120 Å². The Morgan fingerprint density at radius 2 is 1.30 bits per heavy atom. The lowest BCUT2D eigenvalue weighted by atomic mass is 9.35. The van der Waals surface area contributed by atoms with Crippen LogP contribution < -0.4 is 5.32 Å². The molecule has 4 heterocycles. The summed E-state index contributed by atoms with van der Waals surface area (Å²) in [5.41, 5.74) is 5.40. The molecule has 5 aliphatic carbocycles. The highest BCUT2D eigenvalue weighted by molar-refractivity contribution is 6.39. The number of aliphatic carboxylic acids is 2. The van der Waals surface area contributed by atoms with Crippen molar-refractivity contribution in [2.45, 2.75) is 90.1 Å². The molecule has 320 valence electrons. The monoisotopic (exact) mass is 867 g/mol. The molecule has 7 aliphatic rings.